The molecule has 1 fully saturated rings. The molecule has 0 saturated heterocycles. The summed E-state index contributed by atoms with van der Waals surface area (Å²) >= 11 is 0. The van der Waals surface area contributed by atoms with Crippen LogP contribution >= 0.6 is 0 Å². The lowest BCUT2D eigenvalue weighted by atomic mass is 9.69. The maximum atomic E-state index is 5.54. The fourth-order valence-corrected chi connectivity index (χ4v) is 2.97. The second kappa shape index (κ2) is 7.30. The summed E-state index contributed by atoms with van der Waals surface area (Å²) in [4.78, 5) is 0. The van der Waals surface area contributed by atoms with Gasteiger partial charge in [-0.15, -0.1) is 0 Å². The van der Waals surface area contributed by atoms with Gasteiger partial charge >= 0.3 is 0 Å². The van der Waals surface area contributed by atoms with E-state index in [9.17, 15) is 0 Å². The normalized spacial score (nSPS) is 25.1. The van der Waals surface area contributed by atoms with Crippen LogP contribution in [-0.2, 0) is 4.74 Å². The molecule has 0 amide bonds. The van der Waals surface area contributed by atoms with Crippen LogP contribution in [0.4, 0.5) is 0 Å². The molecule has 0 heterocycles. The summed E-state index contributed by atoms with van der Waals surface area (Å²) in [5.74, 6) is 0.799. The van der Waals surface area contributed by atoms with E-state index in [1.165, 1.54) is 25.7 Å². The molecule has 0 bridgehead atoms. The van der Waals surface area contributed by atoms with Crippen molar-refractivity contribution in [1.82, 2.24) is 5.32 Å². The van der Waals surface area contributed by atoms with Crippen LogP contribution in [0.5, 0.6) is 0 Å². The Hall–Kier alpha value is -0.340. The third-order valence-electron chi connectivity index (χ3n) is 3.88. The fraction of sp³-hybridized carbons (Fsp3) is 0.875. The van der Waals surface area contributed by atoms with Gasteiger partial charge in [0.25, 0.3) is 0 Å². The molecule has 2 heteroatoms. The van der Waals surface area contributed by atoms with Crippen LogP contribution in [0.1, 0.15) is 53.4 Å². The van der Waals surface area contributed by atoms with Gasteiger partial charge in [0.05, 0.1) is 13.2 Å². The molecule has 0 spiro atoms. The van der Waals surface area contributed by atoms with Crippen LogP contribution in [0.15, 0.2) is 12.2 Å². The van der Waals surface area contributed by atoms with Gasteiger partial charge in [-0.3, -0.25) is 0 Å². The molecule has 1 aliphatic rings. The number of hydrogen-bond donors (Lipinski definition) is 1. The van der Waals surface area contributed by atoms with Crippen LogP contribution in [0.25, 0.3) is 0 Å². The Labute approximate surface area is 113 Å². The zero-order valence-electron chi connectivity index (χ0n) is 12.7. The molecular formula is C16H31NO. The summed E-state index contributed by atoms with van der Waals surface area (Å²) in [5, 5.41) is 3.70. The smallest absolute Gasteiger partial charge is 0.0672 e. The second-order valence-corrected chi connectivity index (χ2v) is 6.83. The highest BCUT2D eigenvalue weighted by atomic mass is 16.5. The number of hydrogen-bond acceptors (Lipinski definition) is 2. The molecule has 0 radical (unpaired) electrons. The molecule has 2 unspecified atom stereocenters. The highest BCUT2D eigenvalue weighted by Gasteiger charge is 2.33. The highest BCUT2D eigenvalue weighted by Crippen LogP contribution is 2.37. The van der Waals surface area contributed by atoms with Crippen molar-refractivity contribution in [2.24, 2.45) is 11.3 Å². The molecule has 18 heavy (non-hydrogen) atoms. The fourth-order valence-electron chi connectivity index (χ4n) is 2.97. The van der Waals surface area contributed by atoms with E-state index in [2.05, 4.69) is 32.7 Å². The first-order valence-electron chi connectivity index (χ1n) is 7.37. The summed E-state index contributed by atoms with van der Waals surface area (Å²) in [6.45, 7) is 15.4. The molecule has 2 atom stereocenters. The predicted molar refractivity (Wildman–Crippen MR) is 78.8 cm³/mol. The molecule has 1 N–H and O–H groups in total. The van der Waals surface area contributed by atoms with Crippen LogP contribution in [0, 0.1) is 11.3 Å². The zero-order chi connectivity index (χ0) is 13.6. The molecule has 0 aromatic heterocycles. The van der Waals surface area contributed by atoms with Gasteiger partial charge in [-0.1, -0.05) is 45.8 Å². The first-order chi connectivity index (χ1) is 8.41. The van der Waals surface area contributed by atoms with Crippen molar-refractivity contribution >= 4 is 0 Å². The Morgan fingerprint density at radius 1 is 1.28 bits per heavy atom. The number of rotatable bonds is 6. The lowest BCUT2D eigenvalue weighted by Crippen LogP contribution is -2.45. The predicted octanol–water partition coefficient (Wildman–Crippen LogP) is 3.77. The van der Waals surface area contributed by atoms with E-state index in [1.54, 1.807) is 0 Å². The second-order valence-electron chi connectivity index (χ2n) is 6.83. The van der Waals surface area contributed by atoms with Gasteiger partial charge in [0.2, 0.25) is 0 Å². The lowest BCUT2D eigenvalue weighted by Gasteiger charge is -2.41. The summed E-state index contributed by atoms with van der Waals surface area (Å²) in [7, 11) is 0. The number of nitrogens with one attached hydrogen (secondary N) is 1. The lowest BCUT2D eigenvalue weighted by molar-refractivity contribution is 0.113. The van der Waals surface area contributed by atoms with Crippen LogP contribution in [0.2, 0.25) is 0 Å². The molecule has 1 saturated carbocycles. The molecular weight excluding hydrogens is 222 g/mol. The van der Waals surface area contributed by atoms with Gasteiger partial charge in [0.15, 0.2) is 0 Å². The zero-order valence-corrected chi connectivity index (χ0v) is 12.7. The standard InChI is InChI=1S/C16H31NO/c1-13(2)12-18-11-10-17-15-9-7-6-8-14(15)16(3,4)5/h14-15,17H,1,6-12H2,2-5H3. The van der Waals surface area contributed by atoms with Gasteiger partial charge in [-0.2, -0.15) is 0 Å². The maximum Gasteiger partial charge on any atom is 0.0672 e. The Morgan fingerprint density at radius 3 is 2.56 bits per heavy atom. The summed E-state index contributed by atoms with van der Waals surface area (Å²) in [6.07, 6.45) is 5.46. The van der Waals surface area contributed by atoms with E-state index >= 15 is 0 Å². The Balaban J connectivity index is 2.28. The largest absolute Gasteiger partial charge is 0.376 e. The number of ether oxygens (including phenoxy) is 1. The first kappa shape index (κ1) is 15.7. The van der Waals surface area contributed by atoms with Gasteiger partial charge in [-0.05, 0) is 31.1 Å². The van der Waals surface area contributed by atoms with Crippen molar-refractivity contribution in [1.29, 1.82) is 0 Å². The van der Waals surface area contributed by atoms with E-state index in [-0.39, 0.29) is 0 Å². The molecule has 0 aromatic carbocycles. The van der Waals surface area contributed by atoms with Crippen molar-refractivity contribution in [3.63, 3.8) is 0 Å². The molecule has 106 valence electrons. The quantitative estimate of drug-likeness (QED) is 0.574. The minimum Gasteiger partial charge on any atom is -0.376 e. The third-order valence-corrected chi connectivity index (χ3v) is 3.88. The van der Waals surface area contributed by atoms with Crippen molar-refractivity contribution in [3.8, 4) is 0 Å². The first-order valence-corrected chi connectivity index (χ1v) is 7.37. The minimum atomic E-state index is 0.413. The van der Waals surface area contributed by atoms with E-state index < -0.39 is 0 Å². The van der Waals surface area contributed by atoms with E-state index in [0.717, 1.165) is 24.6 Å². The SMILES string of the molecule is C=C(C)COCCNC1CCCCC1C(C)(C)C. The Kier molecular flexibility index (Phi) is 6.37. The average molecular weight is 253 g/mol. The van der Waals surface area contributed by atoms with Crippen molar-refractivity contribution < 1.29 is 4.74 Å². The molecule has 2 nitrogen and oxygen atoms in total. The van der Waals surface area contributed by atoms with Crippen LogP contribution in [0.3, 0.4) is 0 Å². The van der Waals surface area contributed by atoms with Crippen molar-refractivity contribution in [2.75, 3.05) is 19.8 Å². The maximum absolute atomic E-state index is 5.54. The minimum absolute atomic E-state index is 0.413. The third kappa shape index (κ3) is 5.53. The molecule has 1 rings (SSSR count). The van der Waals surface area contributed by atoms with Crippen LogP contribution in [-0.4, -0.2) is 25.8 Å². The highest BCUT2D eigenvalue weighted by molar-refractivity contribution is 4.89. The van der Waals surface area contributed by atoms with Crippen molar-refractivity contribution in [2.45, 2.75) is 59.4 Å². The molecule has 1 aliphatic carbocycles. The topological polar surface area (TPSA) is 21.3 Å². The van der Waals surface area contributed by atoms with E-state index in [0.29, 0.717) is 18.1 Å². The summed E-state index contributed by atoms with van der Waals surface area (Å²) in [6, 6.07) is 0.673. The molecule has 0 aromatic rings. The Morgan fingerprint density at radius 2 is 1.94 bits per heavy atom. The van der Waals surface area contributed by atoms with Gasteiger partial charge in [0.1, 0.15) is 0 Å². The summed E-state index contributed by atoms with van der Waals surface area (Å²) in [5.41, 5.74) is 1.51. The van der Waals surface area contributed by atoms with Crippen molar-refractivity contribution in [3.05, 3.63) is 12.2 Å². The summed E-state index contributed by atoms with van der Waals surface area (Å²) < 4.78 is 5.54. The van der Waals surface area contributed by atoms with Gasteiger partial charge < -0.3 is 10.1 Å². The average Bonchev–Trinajstić information content (AvgIpc) is 2.27. The van der Waals surface area contributed by atoms with Crippen LogP contribution < -0.4 is 5.32 Å². The Bertz CT molecular complexity index is 254. The molecule has 0 aliphatic heterocycles. The van der Waals surface area contributed by atoms with Gasteiger partial charge in [-0.25, -0.2) is 0 Å². The van der Waals surface area contributed by atoms with E-state index in [4.69, 9.17) is 4.74 Å². The van der Waals surface area contributed by atoms with E-state index in [1.807, 2.05) is 6.92 Å². The monoisotopic (exact) mass is 253 g/mol. The van der Waals surface area contributed by atoms with Gasteiger partial charge in [0, 0.05) is 12.6 Å².